The molecule has 154 valence electrons. The van der Waals surface area contributed by atoms with Gasteiger partial charge >= 0.3 is 11.9 Å². The highest BCUT2D eigenvalue weighted by Crippen LogP contribution is 2.35. The largest absolute Gasteiger partial charge is 1.00 e. The molecule has 29 heavy (non-hydrogen) atoms. The van der Waals surface area contributed by atoms with Gasteiger partial charge < -0.3 is 36.3 Å². The molecule has 0 saturated heterocycles. The van der Waals surface area contributed by atoms with Crippen LogP contribution in [0.25, 0.3) is 10.9 Å². The van der Waals surface area contributed by atoms with E-state index >= 15 is 0 Å². The normalized spacial score (nSPS) is 10.5. The second kappa shape index (κ2) is 10.00. The summed E-state index contributed by atoms with van der Waals surface area (Å²) in [6, 6.07) is 7.35. The molecule has 0 spiro atoms. The van der Waals surface area contributed by atoms with Crippen molar-refractivity contribution in [2.75, 3.05) is 6.61 Å². The van der Waals surface area contributed by atoms with E-state index in [1.165, 1.54) is 6.92 Å². The Morgan fingerprint density at radius 2 is 1.93 bits per heavy atom. The average molecular weight is 527 g/mol. The lowest BCUT2D eigenvalue weighted by Gasteiger charge is -2.07. The van der Waals surface area contributed by atoms with E-state index in [-0.39, 0.29) is 23.6 Å². The van der Waals surface area contributed by atoms with Crippen LogP contribution >= 0.6 is 15.9 Å². The molecule has 3 aromatic rings. The fourth-order valence-corrected chi connectivity index (χ4v) is 3.52. The number of nitrogens with zero attached hydrogens (tertiary/aromatic N) is 2. The molecule has 2 aromatic heterocycles. The van der Waals surface area contributed by atoms with Gasteiger partial charge in [0.1, 0.15) is 18.0 Å². The molecule has 0 bridgehead atoms. The number of aromatic nitrogens is 2. The van der Waals surface area contributed by atoms with E-state index in [0.29, 0.717) is 27.7 Å². The van der Waals surface area contributed by atoms with Gasteiger partial charge in [-0.2, -0.15) is 0 Å². The SMILES string of the molecule is CCOC(=O)c1c(C[NH2+]c2ccncc2)n(C)c2cc(Br)c(OC(C)=O)cc12.[Br-]. The van der Waals surface area contributed by atoms with Crippen molar-refractivity contribution < 1.29 is 41.4 Å². The van der Waals surface area contributed by atoms with Crippen LogP contribution in [0.15, 0.2) is 41.1 Å². The number of nitrogens with two attached hydrogens (primary N) is 1. The van der Waals surface area contributed by atoms with Crippen LogP contribution in [0.4, 0.5) is 5.69 Å². The minimum Gasteiger partial charge on any atom is -1.00 e. The quantitative estimate of drug-likeness (QED) is 0.356. The number of fused-ring (bicyclic) bond motifs is 1. The van der Waals surface area contributed by atoms with Crippen LogP contribution in [0.1, 0.15) is 29.9 Å². The first-order valence-electron chi connectivity index (χ1n) is 8.82. The van der Waals surface area contributed by atoms with Crippen molar-refractivity contribution in [3.05, 3.63) is 52.4 Å². The Balaban J connectivity index is 0.00000300. The maximum Gasteiger partial charge on any atom is 0.340 e. The minimum atomic E-state index is -0.431. The van der Waals surface area contributed by atoms with E-state index in [0.717, 1.165) is 16.9 Å². The zero-order chi connectivity index (χ0) is 20.3. The molecule has 0 saturated carbocycles. The van der Waals surface area contributed by atoms with Gasteiger partial charge in [0, 0.05) is 43.9 Å². The van der Waals surface area contributed by atoms with Crippen LogP contribution < -0.4 is 27.0 Å². The fraction of sp³-hybridized carbons (Fsp3) is 0.250. The third-order valence-electron chi connectivity index (χ3n) is 4.34. The first-order valence-corrected chi connectivity index (χ1v) is 9.61. The molecular weight excluding hydrogens is 506 g/mol. The first kappa shape index (κ1) is 23.1. The van der Waals surface area contributed by atoms with Gasteiger partial charge in [0.2, 0.25) is 0 Å². The Kier molecular flexibility index (Phi) is 7.95. The summed E-state index contributed by atoms with van der Waals surface area (Å²) in [5.74, 6) is -0.469. The van der Waals surface area contributed by atoms with E-state index in [9.17, 15) is 9.59 Å². The predicted molar refractivity (Wildman–Crippen MR) is 107 cm³/mol. The lowest BCUT2D eigenvalue weighted by Crippen LogP contribution is -3.00. The van der Waals surface area contributed by atoms with Crippen LogP contribution in [-0.2, 0) is 23.1 Å². The van der Waals surface area contributed by atoms with Crippen molar-refractivity contribution in [1.82, 2.24) is 9.55 Å². The highest BCUT2D eigenvalue weighted by Gasteiger charge is 2.25. The Morgan fingerprint density at radius 3 is 2.55 bits per heavy atom. The summed E-state index contributed by atoms with van der Waals surface area (Å²) in [4.78, 5) is 28.2. The van der Waals surface area contributed by atoms with Crippen LogP contribution in [0.3, 0.4) is 0 Å². The fourth-order valence-electron chi connectivity index (χ4n) is 3.11. The smallest absolute Gasteiger partial charge is 0.340 e. The molecule has 0 amide bonds. The highest BCUT2D eigenvalue weighted by atomic mass is 79.9. The number of aryl methyl sites for hydroxylation is 1. The number of quaternary nitrogens is 1. The number of pyridine rings is 1. The first-order chi connectivity index (χ1) is 13.4. The average Bonchev–Trinajstić information content (AvgIpc) is 2.92. The lowest BCUT2D eigenvalue weighted by atomic mass is 10.1. The molecule has 0 aliphatic carbocycles. The summed E-state index contributed by atoms with van der Waals surface area (Å²) < 4.78 is 13.2. The molecule has 0 radical (unpaired) electrons. The van der Waals surface area contributed by atoms with Crippen LogP contribution in [0, 0.1) is 0 Å². The summed E-state index contributed by atoms with van der Waals surface area (Å²) >= 11 is 3.44. The van der Waals surface area contributed by atoms with Crippen LogP contribution in [-0.4, -0.2) is 28.1 Å². The highest BCUT2D eigenvalue weighted by molar-refractivity contribution is 9.10. The summed E-state index contributed by atoms with van der Waals surface area (Å²) in [7, 11) is 1.90. The van der Waals surface area contributed by atoms with Crippen molar-refractivity contribution in [1.29, 1.82) is 0 Å². The molecule has 0 aliphatic heterocycles. The number of hydrogen-bond acceptors (Lipinski definition) is 5. The molecule has 0 fully saturated rings. The van der Waals surface area contributed by atoms with Gasteiger partial charge in [-0.25, -0.2) is 4.79 Å². The molecule has 0 atom stereocenters. The molecule has 2 heterocycles. The van der Waals surface area contributed by atoms with Gasteiger partial charge in [0.15, 0.2) is 0 Å². The molecule has 2 N–H and O–H groups in total. The summed E-state index contributed by atoms with van der Waals surface area (Å²) in [5, 5.41) is 2.71. The third-order valence-corrected chi connectivity index (χ3v) is 4.96. The summed E-state index contributed by atoms with van der Waals surface area (Å²) in [6.07, 6.45) is 3.45. The summed E-state index contributed by atoms with van der Waals surface area (Å²) in [6.45, 7) is 3.91. The second-order valence-corrected chi connectivity index (χ2v) is 7.04. The zero-order valence-electron chi connectivity index (χ0n) is 16.2. The van der Waals surface area contributed by atoms with Crippen molar-refractivity contribution in [3.63, 3.8) is 0 Å². The molecule has 1 aromatic carbocycles. The third kappa shape index (κ3) is 5.04. The molecule has 9 heteroatoms. The topological polar surface area (TPSA) is 87.0 Å². The van der Waals surface area contributed by atoms with E-state index in [1.54, 1.807) is 25.4 Å². The molecule has 0 aliphatic rings. The van der Waals surface area contributed by atoms with Gasteiger partial charge in [0.25, 0.3) is 0 Å². The summed E-state index contributed by atoms with van der Waals surface area (Å²) in [5.41, 5.74) is 3.14. The predicted octanol–water partition coefficient (Wildman–Crippen LogP) is -0.163. The van der Waals surface area contributed by atoms with Crippen LogP contribution in [0.5, 0.6) is 5.75 Å². The van der Waals surface area contributed by atoms with Crippen LogP contribution in [0.2, 0.25) is 0 Å². The van der Waals surface area contributed by atoms with Gasteiger partial charge in [-0.05, 0) is 35.0 Å². The Labute approximate surface area is 187 Å². The number of esters is 2. The van der Waals surface area contributed by atoms with E-state index < -0.39 is 11.9 Å². The van der Waals surface area contributed by atoms with Crippen molar-refractivity contribution in [2.45, 2.75) is 20.4 Å². The van der Waals surface area contributed by atoms with Gasteiger partial charge in [-0.1, -0.05) is 0 Å². The number of carbonyl (C=O) groups excluding carboxylic acids is 2. The van der Waals surface area contributed by atoms with E-state index in [1.807, 2.05) is 35.1 Å². The van der Waals surface area contributed by atoms with E-state index in [2.05, 4.69) is 20.9 Å². The second-order valence-electron chi connectivity index (χ2n) is 6.18. The maximum absolute atomic E-state index is 12.7. The minimum absolute atomic E-state index is 0. The van der Waals surface area contributed by atoms with Crippen molar-refractivity contribution in [3.8, 4) is 5.75 Å². The molecule has 3 rings (SSSR count). The van der Waals surface area contributed by atoms with Gasteiger partial charge in [-0.15, -0.1) is 0 Å². The Bertz CT molecular complexity index is 1040. The number of carbonyl (C=O) groups is 2. The molecule has 0 unspecified atom stereocenters. The number of benzene rings is 1. The number of rotatable bonds is 6. The van der Waals surface area contributed by atoms with Crippen molar-refractivity contribution in [2.24, 2.45) is 7.05 Å². The zero-order valence-corrected chi connectivity index (χ0v) is 19.4. The Morgan fingerprint density at radius 1 is 1.24 bits per heavy atom. The Hall–Kier alpha value is -2.23. The standard InChI is InChI=1S/C20H20BrN3O4.BrH/c1-4-27-20(26)19-14-9-18(28-12(2)25)15(21)10-16(14)24(3)17(19)11-23-13-5-7-22-8-6-13;/h5-10H,4,11H2,1-3H3,(H,22,23);1H. The van der Waals surface area contributed by atoms with E-state index in [4.69, 9.17) is 9.47 Å². The lowest BCUT2D eigenvalue weighted by molar-refractivity contribution is -0.589. The van der Waals surface area contributed by atoms with Gasteiger partial charge in [0.05, 0.1) is 27.9 Å². The maximum atomic E-state index is 12.7. The van der Waals surface area contributed by atoms with Crippen molar-refractivity contribution >= 4 is 44.5 Å². The number of hydrogen-bond donors (Lipinski definition) is 1. The molecule has 7 nitrogen and oxygen atoms in total. The molecular formula is C20H21Br2N3O4. The number of halogens is 2. The monoisotopic (exact) mass is 525 g/mol. The van der Waals surface area contributed by atoms with Gasteiger partial charge in [-0.3, -0.25) is 9.78 Å². The number of ether oxygens (including phenoxy) is 2.